The van der Waals surface area contributed by atoms with Crippen LogP contribution in [0, 0.1) is 17.9 Å². The van der Waals surface area contributed by atoms with E-state index in [4.69, 9.17) is 16.5 Å². The summed E-state index contributed by atoms with van der Waals surface area (Å²) in [7, 11) is 0. The molecule has 0 amide bonds. The van der Waals surface area contributed by atoms with Gasteiger partial charge in [0, 0.05) is 16.7 Å². The van der Waals surface area contributed by atoms with Gasteiger partial charge in [0.05, 0.1) is 41.0 Å². The summed E-state index contributed by atoms with van der Waals surface area (Å²) in [5, 5.41) is 9.89. The normalized spacial score (nSPS) is 11.0. The Morgan fingerprint density at radius 1 is 0.453 bits per heavy atom. The fourth-order valence-electron chi connectivity index (χ4n) is 7.20. The van der Waals surface area contributed by atoms with Crippen molar-refractivity contribution in [2.75, 3.05) is 0 Å². The van der Waals surface area contributed by atoms with Gasteiger partial charge in [0.25, 0.3) is 0 Å². The maximum atomic E-state index is 9.89. The Kier molecular flexibility index (Phi) is 8.94. The van der Waals surface area contributed by atoms with Gasteiger partial charge in [-0.1, -0.05) is 164 Å². The number of hydrogen-bond acceptors (Lipinski definition) is 3. The molecule has 0 N–H and O–H groups in total. The van der Waals surface area contributed by atoms with Crippen molar-refractivity contribution < 1.29 is 0 Å². The molecule has 4 heteroatoms. The SMILES string of the molecule is [C-]#[N+]c1cccc(-c2nc(C(c3ccccc3)(c3ccccc3)c3ccc(-c4ccccc4)c(-c4cccc(C#N)c4)n3)ccc2-c2ccccc2)c1. The quantitative estimate of drug-likeness (QED) is 0.151. The average Bonchev–Trinajstić information content (AvgIpc) is 3.25. The maximum Gasteiger partial charge on any atom is 0.187 e. The molecule has 2 aromatic heterocycles. The Hall–Kier alpha value is -7.40. The fraction of sp³-hybridized carbons (Fsp3) is 0.0204. The summed E-state index contributed by atoms with van der Waals surface area (Å²) in [6.07, 6.45) is 0. The lowest BCUT2D eigenvalue weighted by Crippen LogP contribution is -2.33. The molecule has 0 aliphatic heterocycles. The molecule has 8 aromatic rings. The molecular weight excluding hydrogens is 645 g/mol. The summed E-state index contributed by atoms with van der Waals surface area (Å²) >= 11 is 0. The van der Waals surface area contributed by atoms with Crippen molar-refractivity contribution in [3.63, 3.8) is 0 Å². The minimum Gasteiger partial charge on any atom is -0.250 e. The van der Waals surface area contributed by atoms with Crippen LogP contribution in [0.1, 0.15) is 28.1 Å². The second-order valence-electron chi connectivity index (χ2n) is 12.8. The highest BCUT2D eigenvalue weighted by Crippen LogP contribution is 2.47. The van der Waals surface area contributed by atoms with Crippen molar-refractivity contribution >= 4 is 5.69 Å². The van der Waals surface area contributed by atoms with Gasteiger partial charge in [-0.05, 0) is 58.1 Å². The lowest BCUT2D eigenvalue weighted by molar-refractivity contribution is 0.690. The molecule has 6 aromatic carbocycles. The van der Waals surface area contributed by atoms with E-state index in [1.54, 1.807) is 0 Å². The fourth-order valence-corrected chi connectivity index (χ4v) is 7.20. The first-order valence-corrected chi connectivity index (χ1v) is 17.4. The first-order chi connectivity index (χ1) is 26.2. The Morgan fingerprint density at radius 3 is 1.36 bits per heavy atom. The molecule has 0 saturated heterocycles. The van der Waals surface area contributed by atoms with Gasteiger partial charge in [-0.25, -0.2) is 4.85 Å². The van der Waals surface area contributed by atoms with E-state index in [1.165, 1.54) is 0 Å². The largest absolute Gasteiger partial charge is 0.250 e. The third-order valence-electron chi connectivity index (χ3n) is 9.66. The molecule has 8 rings (SSSR count). The van der Waals surface area contributed by atoms with Crippen molar-refractivity contribution in [1.29, 1.82) is 5.26 Å². The lowest BCUT2D eigenvalue weighted by Gasteiger charge is -2.35. The second kappa shape index (κ2) is 14.4. The van der Waals surface area contributed by atoms with Gasteiger partial charge in [-0.3, -0.25) is 9.97 Å². The molecule has 4 nitrogen and oxygen atoms in total. The molecule has 2 heterocycles. The number of benzene rings is 6. The molecule has 0 aliphatic rings. The van der Waals surface area contributed by atoms with E-state index in [2.05, 4.69) is 108 Å². The minimum absolute atomic E-state index is 0.550. The van der Waals surface area contributed by atoms with Crippen LogP contribution < -0.4 is 0 Å². The monoisotopic (exact) mass is 676 g/mol. The van der Waals surface area contributed by atoms with E-state index >= 15 is 0 Å². The summed E-state index contributed by atoms with van der Waals surface area (Å²) in [6, 6.07) is 67.5. The number of rotatable bonds is 8. The van der Waals surface area contributed by atoms with Crippen molar-refractivity contribution in [2.45, 2.75) is 5.41 Å². The van der Waals surface area contributed by atoms with Gasteiger partial charge in [0.2, 0.25) is 0 Å². The third kappa shape index (κ3) is 6.16. The van der Waals surface area contributed by atoms with E-state index in [0.717, 1.165) is 67.3 Å². The Morgan fingerprint density at radius 2 is 0.887 bits per heavy atom. The van der Waals surface area contributed by atoms with Crippen LogP contribution in [0.4, 0.5) is 5.69 Å². The molecule has 0 fully saturated rings. The van der Waals surface area contributed by atoms with Crippen molar-refractivity contribution in [3.8, 4) is 50.8 Å². The zero-order valence-corrected chi connectivity index (χ0v) is 28.8. The molecule has 0 unspecified atom stereocenters. The van der Waals surface area contributed by atoms with Crippen LogP contribution in [0.3, 0.4) is 0 Å². The molecule has 0 aliphatic carbocycles. The van der Waals surface area contributed by atoms with Crippen molar-refractivity contribution in [2.24, 2.45) is 0 Å². The zero-order valence-electron chi connectivity index (χ0n) is 28.8. The van der Waals surface area contributed by atoms with Gasteiger partial charge < -0.3 is 0 Å². The van der Waals surface area contributed by atoms with Crippen LogP contribution >= 0.6 is 0 Å². The molecule has 0 radical (unpaired) electrons. The molecule has 0 atom stereocenters. The zero-order chi connectivity index (χ0) is 36.0. The number of aromatic nitrogens is 2. The van der Waals surface area contributed by atoms with Crippen LogP contribution in [0.2, 0.25) is 0 Å². The first-order valence-electron chi connectivity index (χ1n) is 17.4. The highest BCUT2D eigenvalue weighted by molar-refractivity contribution is 5.84. The Labute approximate surface area is 309 Å². The van der Waals surface area contributed by atoms with E-state index in [0.29, 0.717) is 11.3 Å². The van der Waals surface area contributed by atoms with Crippen LogP contribution in [0.25, 0.3) is 49.6 Å². The van der Waals surface area contributed by atoms with Gasteiger partial charge >= 0.3 is 0 Å². The minimum atomic E-state index is -0.972. The van der Waals surface area contributed by atoms with E-state index < -0.39 is 5.41 Å². The first kappa shape index (κ1) is 32.8. The van der Waals surface area contributed by atoms with Crippen molar-refractivity contribution in [3.05, 3.63) is 234 Å². The Bertz CT molecular complexity index is 2440. The van der Waals surface area contributed by atoms with Gasteiger partial charge in [-0.15, -0.1) is 0 Å². The summed E-state index contributed by atoms with van der Waals surface area (Å²) in [5.74, 6) is 0. The van der Waals surface area contributed by atoms with E-state index in [1.807, 2.05) is 97.1 Å². The number of pyridine rings is 2. The van der Waals surface area contributed by atoms with Crippen LogP contribution in [0.15, 0.2) is 194 Å². The number of nitriles is 1. The summed E-state index contributed by atoms with van der Waals surface area (Å²) in [6.45, 7) is 7.77. The predicted octanol–water partition coefficient (Wildman–Crippen LogP) is 11.9. The number of nitrogens with zero attached hydrogens (tertiary/aromatic N) is 4. The van der Waals surface area contributed by atoms with Crippen LogP contribution in [0.5, 0.6) is 0 Å². The third-order valence-corrected chi connectivity index (χ3v) is 9.66. The molecule has 0 spiro atoms. The Balaban J connectivity index is 1.49. The molecule has 0 bridgehead atoms. The van der Waals surface area contributed by atoms with Gasteiger partial charge in [0.15, 0.2) is 5.69 Å². The predicted molar refractivity (Wildman–Crippen MR) is 213 cm³/mol. The molecule has 53 heavy (non-hydrogen) atoms. The topological polar surface area (TPSA) is 53.9 Å². The van der Waals surface area contributed by atoms with Crippen LogP contribution in [-0.4, -0.2) is 9.97 Å². The highest BCUT2D eigenvalue weighted by Gasteiger charge is 2.42. The molecule has 248 valence electrons. The van der Waals surface area contributed by atoms with E-state index in [-0.39, 0.29) is 0 Å². The second-order valence-corrected chi connectivity index (χ2v) is 12.8. The van der Waals surface area contributed by atoms with E-state index in [9.17, 15) is 5.26 Å². The van der Waals surface area contributed by atoms with Crippen LogP contribution in [-0.2, 0) is 5.41 Å². The summed E-state index contributed by atoms with van der Waals surface area (Å²) in [4.78, 5) is 15.0. The number of hydrogen-bond donors (Lipinski definition) is 0. The highest BCUT2D eigenvalue weighted by atomic mass is 14.8. The lowest BCUT2D eigenvalue weighted by atomic mass is 9.68. The van der Waals surface area contributed by atoms with Gasteiger partial charge in [0.1, 0.15) is 5.41 Å². The standard InChI is InChI=1S/C49H32N4/c1-51-42-27-15-22-39(33-42)48-44(37-19-8-3-9-20-37)29-31-46(53-48)49(40-23-10-4-11-24-40,41-25-12-5-13-26-41)45-30-28-43(36-17-6-2-7-18-36)47(52-45)38-21-14-16-35(32-38)34-50/h2-33H. The van der Waals surface area contributed by atoms with Gasteiger partial charge in [-0.2, -0.15) is 5.26 Å². The average molecular weight is 677 g/mol. The maximum absolute atomic E-state index is 9.89. The molecule has 0 saturated carbocycles. The van der Waals surface area contributed by atoms with Crippen molar-refractivity contribution in [1.82, 2.24) is 9.97 Å². The molecular formula is C49H32N4. The summed E-state index contributed by atoms with van der Waals surface area (Å²) in [5.41, 5.74) is 11.0. The summed E-state index contributed by atoms with van der Waals surface area (Å²) < 4.78 is 0. The smallest absolute Gasteiger partial charge is 0.187 e.